The monoisotopic (exact) mass is 306 g/mol. The molecule has 1 heterocycles. The lowest BCUT2D eigenvalue weighted by molar-refractivity contribution is -0.119. The minimum atomic E-state index is -0.486. The molecule has 1 saturated heterocycles. The fourth-order valence-electron chi connectivity index (χ4n) is 2.45. The van der Waals surface area contributed by atoms with Gasteiger partial charge in [-0.3, -0.25) is 4.79 Å². The Morgan fingerprint density at radius 2 is 2.00 bits per heavy atom. The van der Waals surface area contributed by atoms with E-state index in [1.807, 2.05) is 31.2 Å². The molecule has 22 heavy (non-hydrogen) atoms. The van der Waals surface area contributed by atoms with E-state index in [1.54, 1.807) is 0 Å². The van der Waals surface area contributed by atoms with Gasteiger partial charge in [-0.15, -0.1) is 0 Å². The van der Waals surface area contributed by atoms with E-state index in [0.29, 0.717) is 13.2 Å². The zero-order valence-electron chi connectivity index (χ0n) is 13.4. The Balaban J connectivity index is 1.88. The van der Waals surface area contributed by atoms with Crippen LogP contribution in [-0.2, 0) is 9.53 Å². The van der Waals surface area contributed by atoms with Gasteiger partial charge in [0.1, 0.15) is 5.75 Å². The number of benzene rings is 1. The molecule has 1 aromatic rings. The molecule has 0 aromatic heterocycles. The molecule has 0 saturated carbocycles. The first-order chi connectivity index (χ1) is 10.6. The summed E-state index contributed by atoms with van der Waals surface area (Å²) in [6.45, 7) is 5.49. The van der Waals surface area contributed by atoms with Gasteiger partial charge in [-0.25, -0.2) is 0 Å². The van der Waals surface area contributed by atoms with E-state index < -0.39 is 6.04 Å². The molecule has 1 aliphatic heterocycles. The summed E-state index contributed by atoms with van der Waals surface area (Å²) in [6.07, 6.45) is 2.83. The van der Waals surface area contributed by atoms with Gasteiger partial charge in [0.15, 0.2) is 0 Å². The lowest BCUT2D eigenvalue weighted by Gasteiger charge is -2.26. The highest BCUT2D eigenvalue weighted by molar-refractivity contribution is 5.94. The van der Waals surface area contributed by atoms with E-state index in [0.717, 1.165) is 30.7 Å². The summed E-state index contributed by atoms with van der Waals surface area (Å²) in [4.78, 5) is 12.2. The average Bonchev–Trinajstić information content (AvgIpc) is 2.56. The summed E-state index contributed by atoms with van der Waals surface area (Å²) in [5, 5.41) is 2.87. The molecule has 5 nitrogen and oxygen atoms in total. The van der Waals surface area contributed by atoms with E-state index in [9.17, 15) is 4.79 Å². The van der Waals surface area contributed by atoms with Crippen LogP contribution in [0.1, 0.15) is 33.1 Å². The van der Waals surface area contributed by atoms with Crippen LogP contribution in [0.2, 0.25) is 0 Å². The number of carbonyl (C=O) groups excluding carboxylic acids is 1. The van der Waals surface area contributed by atoms with Gasteiger partial charge in [0, 0.05) is 18.9 Å². The number of rotatable bonds is 6. The van der Waals surface area contributed by atoms with Crippen molar-refractivity contribution in [3.63, 3.8) is 0 Å². The molecule has 122 valence electrons. The Labute approximate surface area is 132 Å². The smallest absolute Gasteiger partial charge is 0.241 e. The number of hydrogen-bond donors (Lipinski definition) is 2. The van der Waals surface area contributed by atoms with Crippen molar-refractivity contribution in [1.29, 1.82) is 0 Å². The van der Waals surface area contributed by atoms with Crippen LogP contribution in [0, 0.1) is 5.92 Å². The van der Waals surface area contributed by atoms with Crippen molar-refractivity contribution in [2.24, 2.45) is 11.7 Å². The lowest BCUT2D eigenvalue weighted by atomic mass is 9.92. The van der Waals surface area contributed by atoms with Crippen molar-refractivity contribution in [3.05, 3.63) is 24.3 Å². The van der Waals surface area contributed by atoms with Crippen LogP contribution in [0.4, 0.5) is 5.69 Å². The van der Waals surface area contributed by atoms with Crippen molar-refractivity contribution >= 4 is 11.6 Å². The van der Waals surface area contributed by atoms with Gasteiger partial charge in [0.05, 0.1) is 12.1 Å². The molecule has 1 aromatic carbocycles. The molecule has 0 radical (unpaired) electrons. The fraction of sp³-hybridized carbons (Fsp3) is 0.588. The van der Waals surface area contributed by atoms with Crippen molar-refractivity contribution in [2.45, 2.75) is 45.3 Å². The van der Waals surface area contributed by atoms with Crippen molar-refractivity contribution < 1.29 is 14.3 Å². The highest BCUT2D eigenvalue weighted by atomic mass is 16.5. The zero-order valence-corrected chi connectivity index (χ0v) is 13.4. The van der Waals surface area contributed by atoms with Gasteiger partial charge < -0.3 is 20.5 Å². The van der Waals surface area contributed by atoms with Crippen LogP contribution < -0.4 is 15.8 Å². The van der Waals surface area contributed by atoms with Gasteiger partial charge in [-0.1, -0.05) is 6.92 Å². The van der Waals surface area contributed by atoms with Crippen LogP contribution in [0.25, 0.3) is 0 Å². The number of nitrogens with two attached hydrogens (primary N) is 1. The first-order valence-electron chi connectivity index (χ1n) is 8.01. The second kappa shape index (κ2) is 8.15. The summed E-state index contributed by atoms with van der Waals surface area (Å²) in [5.41, 5.74) is 6.80. The van der Waals surface area contributed by atoms with Crippen molar-refractivity contribution in [1.82, 2.24) is 0 Å². The molecule has 1 fully saturated rings. The summed E-state index contributed by atoms with van der Waals surface area (Å²) in [6, 6.07) is 6.92. The normalized spacial score (nSPS) is 18.5. The van der Waals surface area contributed by atoms with Gasteiger partial charge >= 0.3 is 0 Å². The van der Waals surface area contributed by atoms with Gasteiger partial charge in [-0.05, 0) is 56.4 Å². The molecule has 0 aliphatic carbocycles. The summed E-state index contributed by atoms with van der Waals surface area (Å²) >= 11 is 0. The number of anilines is 1. The molecule has 1 amide bonds. The fourth-order valence-corrected chi connectivity index (χ4v) is 2.45. The van der Waals surface area contributed by atoms with Crippen LogP contribution in [-0.4, -0.2) is 31.3 Å². The Hall–Kier alpha value is -1.59. The van der Waals surface area contributed by atoms with Crippen LogP contribution in [0.5, 0.6) is 5.75 Å². The molecular weight excluding hydrogens is 280 g/mol. The van der Waals surface area contributed by atoms with Crippen LogP contribution in [0.15, 0.2) is 24.3 Å². The highest BCUT2D eigenvalue weighted by Crippen LogP contribution is 2.20. The maximum atomic E-state index is 12.2. The highest BCUT2D eigenvalue weighted by Gasteiger charge is 2.26. The van der Waals surface area contributed by atoms with E-state index in [1.165, 1.54) is 0 Å². The topological polar surface area (TPSA) is 73.6 Å². The first kappa shape index (κ1) is 16.8. The van der Waals surface area contributed by atoms with Gasteiger partial charge in [0.25, 0.3) is 0 Å². The average molecular weight is 306 g/mol. The molecule has 2 unspecified atom stereocenters. The molecular formula is C17H26N2O3. The second-order valence-electron chi connectivity index (χ2n) is 5.83. The molecule has 5 heteroatoms. The van der Waals surface area contributed by atoms with Gasteiger partial charge in [-0.2, -0.15) is 0 Å². The summed E-state index contributed by atoms with van der Waals surface area (Å²) < 4.78 is 11.0. The molecule has 0 spiro atoms. The number of carbonyl (C=O) groups is 1. The second-order valence-corrected chi connectivity index (χ2v) is 5.83. The van der Waals surface area contributed by atoms with Crippen LogP contribution >= 0.6 is 0 Å². The molecule has 2 rings (SSSR count). The predicted molar refractivity (Wildman–Crippen MR) is 87.0 cm³/mol. The number of amides is 1. The first-order valence-corrected chi connectivity index (χ1v) is 8.01. The van der Waals surface area contributed by atoms with Crippen molar-refractivity contribution in [2.75, 3.05) is 18.5 Å². The van der Waals surface area contributed by atoms with Crippen LogP contribution in [0.3, 0.4) is 0 Å². The van der Waals surface area contributed by atoms with Crippen molar-refractivity contribution in [3.8, 4) is 5.75 Å². The SMILES string of the molecule is CCC(C)Oc1ccc(NC(=O)C(N)C2CCOCC2)cc1. The standard InChI is InChI=1S/C17H26N2O3/c1-3-12(2)22-15-6-4-14(5-7-15)19-17(20)16(18)13-8-10-21-11-9-13/h4-7,12-13,16H,3,8-11,18H2,1-2H3,(H,19,20). The van der Waals surface area contributed by atoms with E-state index >= 15 is 0 Å². The Morgan fingerprint density at radius 1 is 1.36 bits per heavy atom. The maximum absolute atomic E-state index is 12.2. The van der Waals surface area contributed by atoms with Gasteiger partial charge in [0.2, 0.25) is 5.91 Å². The largest absolute Gasteiger partial charge is 0.491 e. The predicted octanol–water partition coefficient (Wildman–Crippen LogP) is 2.56. The maximum Gasteiger partial charge on any atom is 0.241 e. The van der Waals surface area contributed by atoms with E-state index in [-0.39, 0.29) is 17.9 Å². The molecule has 0 bridgehead atoms. The third-order valence-electron chi connectivity index (χ3n) is 4.11. The quantitative estimate of drug-likeness (QED) is 0.847. The summed E-state index contributed by atoms with van der Waals surface area (Å²) in [5.74, 6) is 0.866. The third-order valence-corrected chi connectivity index (χ3v) is 4.11. The van der Waals surface area contributed by atoms with E-state index in [2.05, 4.69) is 12.2 Å². The minimum absolute atomic E-state index is 0.137. The molecule has 3 N–H and O–H groups in total. The van der Waals surface area contributed by atoms with E-state index in [4.69, 9.17) is 15.2 Å². The lowest BCUT2D eigenvalue weighted by Crippen LogP contribution is -2.43. The number of ether oxygens (including phenoxy) is 2. The molecule has 2 atom stereocenters. The molecule has 1 aliphatic rings. The third kappa shape index (κ3) is 4.71. The Morgan fingerprint density at radius 3 is 2.59 bits per heavy atom. The summed E-state index contributed by atoms with van der Waals surface area (Å²) in [7, 11) is 0. The Bertz CT molecular complexity index is 469. The minimum Gasteiger partial charge on any atom is -0.491 e. The number of nitrogens with one attached hydrogen (secondary N) is 1. The number of hydrogen-bond acceptors (Lipinski definition) is 4. The zero-order chi connectivity index (χ0) is 15.9. The Kier molecular flexibility index (Phi) is 6.21.